The van der Waals surface area contributed by atoms with E-state index in [9.17, 15) is 15.0 Å². The third kappa shape index (κ3) is 4.30. The third-order valence-electron chi connectivity index (χ3n) is 3.02. The first-order valence-electron chi connectivity index (χ1n) is 6.65. The standard InChI is InChI=1S/C16H15BrN2O4/c1-23-13-8-10(7-12(17)15(13)21)9-18-19-16(22)14(20)11-5-3-2-4-6-11/h2-9,14,20-21H,1H3,(H,19,22)/b18-9-/t14-/m1/s1. The van der Waals surface area contributed by atoms with Crippen molar-refractivity contribution in [2.24, 2.45) is 5.10 Å². The monoisotopic (exact) mass is 378 g/mol. The smallest absolute Gasteiger partial charge is 0.273 e. The Labute approximate surface area is 141 Å². The topological polar surface area (TPSA) is 91.2 Å². The highest BCUT2D eigenvalue weighted by molar-refractivity contribution is 9.10. The molecule has 0 aliphatic carbocycles. The van der Waals surface area contributed by atoms with Gasteiger partial charge in [-0.3, -0.25) is 4.79 Å². The molecule has 0 bridgehead atoms. The Morgan fingerprint density at radius 3 is 2.70 bits per heavy atom. The minimum atomic E-state index is -1.30. The zero-order valence-electron chi connectivity index (χ0n) is 12.2. The summed E-state index contributed by atoms with van der Waals surface area (Å²) in [5, 5.41) is 23.4. The average Bonchev–Trinajstić information content (AvgIpc) is 2.57. The lowest BCUT2D eigenvalue weighted by molar-refractivity contribution is -0.129. The Bertz CT molecular complexity index is 720. The minimum absolute atomic E-state index is 0.0202. The molecule has 0 aliphatic heterocycles. The molecule has 0 aromatic heterocycles. The van der Waals surface area contributed by atoms with Crippen molar-refractivity contribution in [2.45, 2.75) is 6.10 Å². The van der Waals surface area contributed by atoms with Crippen LogP contribution >= 0.6 is 15.9 Å². The van der Waals surface area contributed by atoms with Gasteiger partial charge < -0.3 is 14.9 Å². The quantitative estimate of drug-likeness (QED) is 0.550. The Morgan fingerprint density at radius 2 is 2.04 bits per heavy atom. The minimum Gasteiger partial charge on any atom is -0.503 e. The molecular weight excluding hydrogens is 364 g/mol. The lowest BCUT2D eigenvalue weighted by Gasteiger charge is -2.09. The van der Waals surface area contributed by atoms with Gasteiger partial charge in [0.2, 0.25) is 0 Å². The number of aromatic hydroxyl groups is 1. The van der Waals surface area contributed by atoms with Crippen molar-refractivity contribution in [3.05, 3.63) is 58.1 Å². The third-order valence-corrected chi connectivity index (χ3v) is 3.63. The zero-order chi connectivity index (χ0) is 16.8. The van der Waals surface area contributed by atoms with Crippen molar-refractivity contribution < 1.29 is 19.7 Å². The van der Waals surface area contributed by atoms with Gasteiger partial charge in [-0.2, -0.15) is 5.10 Å². The van der Waals surface area contributed by atoms with Crippen molar-refractivity contribution >= 4 is 28.1 Å². The van der Waals surface area contributed by atoms with E-state index in [1.54, 1.807) is 42.5 Å². The molecule has 0 spiro atoms. The van der Waals surface area contributed by atoms with Gasteiger partial charge in [0, 0.05) is 0 Å². The van der Waals surface area contributed by atoms with Crippen LogP contribution in [0.15, 0.2) is 52.0 Å². The van der Waals surface area contributed by atoms with Crippen LogP contribution in [0.3, 0.4) is 0 Å². The molecule has 7 heteroatoms. The molecule has 3 N–H and O–H groups in total. The lowest BCUT2D eigenvalue weighted by Crippen LogP contribution is -2.25. The molecule has 2 rings (SSSR count). The molecule has 0 heterocycles. The number of nitrogens with zero attached hydrogens (tertiary/aromatic N) is 1. The molecule has 23 heavy (non-hydrogen) atoms. The van der Waals surface area contributed by atoms with E-state index >= 15 is 0 Å². The van der Waals surface area contributed by atoms with Crippen molar-refractivity contribution in [2.75, 3.05) is 7.11 Å². The molecule has 6 nitrogen and oxygen atoms in total. The van der Waals surface area contributed by atoms with Crippen LogP contribution in [0.1, 0.15) is 17.2 Å². The van der Waals surface area contributed by atoms with E-state index in [-0.39, 0.29) is 11.5 Å². The summed E-state index contributed by atoms with van der Waals surface area (Å²) in [4.78, 5) is 11.8. The number of methoxy groups -OCH3 is 1. The summed E-state index contributed by atoms with van der Waals surface area (Å²) in [6.45, 7) is 0. The number of hydrogen-bond donors (Lipinski definition) is 3. The summed E-state index contributed by atoms with van der Waals surface area (Å²) in [5.41, 5.74) is 3.34. The van der Waals surface area contributed by atoms with Crippen LogP contribution in [0.2, 0.25) is 0 Å². The molecule has 0 aliphatic rings. The van der Waals surface area contributed by atoms with Crippen molar-refractivity contribution in [1.29, 1.82) is 0 Å². The fourth-order valence-electron chi connectivity index (χ4n) is 1.84. The van der Waals surface area contributed by atoms with Gasteiger partial charge in [-0.25, -0.2) is 5.43 Å². The zero-order valence-corrected chi connectivity index (χ0v) is 13.8. The molecular formula is C16H15BrN2O4. The molecule has 0 saturated carbocycles. The lowest BCUT2D eigenvalue weighted by atomic mass is 10.1. The van der Waals surface area contributed by atoms with Crippen LogP contribution in [0.4, 0.5) is 0 Å². The van der Waals surface area contributed by atoms with Crippen LogP contribution in [0.5, 0.6) is 11.5 Å². The molecule has 0 saturated heterocycles. The first-order chi connectivity index (χ1) is 11.0. The normalized spacial score (nSPS) is 12.1. The van der Waals surface area contributed by atoms with E-state index in [2.05, 4.69) is 26.5 Å². The number of aliphatic hydroxyl groups excluding tert-OH is 1. The fraction of sp³-hybridized carbons (Fsp3) is 0.125. The number of aliphatic hydroxyl groups is 1. The number of rotatable bonds is 5. The van der Waals surface area contributed by atoms with Crippen LogP contribution in [-0.2, 0) is 4.79 Å². The molecule has 1 amide bonds. The highest BCUT2D eigenvalue weighted by atomic mass is 79.9. The first kappa shape index (κ1) is 17.0. The van der Waals surface area contributed by atoms with E-state index in [1.165, 1.54) is 13.3 Å². The van der Waals surface area contributed by atoms with Crippen molar-refractivity contribution in [3.8, 4) is 11.5 Å². The Hall–Kier alpha value is -2.38. The van der Waals surface area contributed by atoms with E-state index < -0.39 is 12.0 Å². The number of ether oxygens (including phenoxy) is 1. The number of halogens is 1. The Balaban J connectivity index is 2.04. The molecule has 1 atom stereocenters. The highest BCUT2D eigenvalue weighted by Crippen LogP contribution is 2.34. The summed E-state index contributed by atoms with van der Waals surface area (Å²) in [7, 11) is 1.43. The van der Waals surface area contributed by atoms with Crippen molar-refractivity contribution in [3.63, 3.8) is 0 Å². The van der Waals surface area contributed by atoms with Gasteiger partial charge in [-0.1, -0.05) is 30.3 Å². The second-order valence-electron chi connectivity index (χ2n) is 4.60. The van der Waals surface area contributed by atoms with E-state index in [0.717, 1.165) is 0 Å². The van der Waals surface area contributed by atoms with Crippen LogP contribution < -0.4 is 10.2 Å². The number of hydrazone groups is 1. The van der Waals surface area contributed by atoms with Gasteiger partial charge in [0.25, 0.3) is 5.91 Å². The van der Waals surface area contributed by atoms with Gasteiger partial charge in [0.1, 0.15) is 0 Å². The number of nitrogens with one attached hydrogen (secondary N) is 1. The van der Waals surface area contributed by atoms with Crippen LogP contribution in [-0.4, -0.2) is 29.4 Å². The maximum absolute atomic E-state index is 11.8. The number of benzene rings is 2. The van der Waals surface area contributed by atoms with Gasteiger partial charge >= 0.3 is 0 Å². The molecule has 2 aromatic carbocycles. The van der Waals surface area contributed by atoms with Crippen LogP contribution in [0.25, 0.3) is 0 Å². The number of phenols is 1. The van der Waals surface area contributed by atoms with Gasteiger partial charge in [0.05, 0.1) is 17.8 Å². The van der Waals surface area contributed by atoms with Gasteiger partial charge in [-0.15, -0.1) is 0 Å². The molecule has 0 unspecified atom stereocenters. The summed E-state index contributed by atoms with van der Waals surface area (Å²) in [6, 6.07) is 11.7. The first-order valence-corrected chi connectivity index (χ1v) is 7.44. The predicted molar refractivity (Wildman–Crippen MR) is 89.5 cm³/mol. The number of phenolic OH excluding ortho intramolecular Hbond substituents is 1. The summed E-state index contributed by atoms with van der Waals surface area (Å²) < 4.78 is 5.46. The van der Waals surface area contributed by atoms with Gasteiger partial charge in [-0.05, 0) is 39.2 Å². The number of carbonyl (C=O) groups is 1. The maximum atomic E-state index is 11.8. The fourth-order valence-corrected chi connectivity index (χ4v) is 2.30. The average molecular weight is 379 g/mol. The number of amides is 1. The van der Waals surface area contributed by atoms with E-state index in [0.29, 0.717) is 15.6 Å². The second kappa shape index (κ2) is 7.75. The van der Waals surface area contributed by atoms with Crippen LogP contribution in [0, 0.1) is 0 Å². The Kier molecular flexibility index (Phi) is 5.72. The van der Waals surface area contributed by atoms with Crippen molar-refractivity contribution in [1.82, 2.24) is 5.43 Å². The van der Waals surface area contributed by atoms with E-state index in [4.69, 9.17) is 4.74 Å². The number of carbonyl (C=O) groups excluding carboxylic acids is 1. The molecule has 0 fully saturated rings. The number of hydrogen-bond acceptors (Lipinski definition) is 5. The Morgan fingerprint density at radius 1 is 1.35 bits per heavy atom. The van der Waals surface area contributed by atoms with E-state index in [1.807, 2.05) is 0 Å². The second-order valence-corrected chi connectivity index (χ2v) is 5.46. The summed E-state index contributed by atoms with van der Waals surface area (Å²) in [6.07, 6.45) is 0.0805. The highest BCUT2D eigenvalue weighted by Gasteiger charge is 2.16. The molecule has 0 radical (unpaired) electrons. The van der Waals surface area contributed by atoms with Gasteiger partial charge in [0.15, 0.2) is 17.6 Å². The summed E-state index contributed by atoms with van der Waals surface area (Å²) >= 11 is 3.19. The summed E-state index contributed by atoms with van der Waals surface area (Å²) in [5.74, 6) is -0.387. The predicted octanol–water partition coefficient (Wildman–Crippen LogP) is 2.35. The molecule has 120 valence electrons. The molecule has 2 aromatic rings. The SMILES string of the molecule is COc1cc(/C=N\NC(=O)[C@H](O)c2ccccc2)cc(Br)c1O. The largest absolute Gasteiger partial charge is 0.503 e. The maximum Gasteiger partial charge on any atom is 0.273 e.